The van der Waals surface area contributed by atoms with Crippen molar-refractivity contribution in [3.05, 3.63) is 17.2 Å². The number of nitrogens with one attached hydrogen (secondary N) is 1. The first kappa shape index (κ1) is 18.5. The van der Waals surface area contributed by atoms with Gasteiger partial charge in [-0.25, -0.2) is 4.79 Å². The quantitative estimate of drug-likeness (QED) is 0.540. The van der Waals surface area contributed by atoms with E-state index in [-0.39, 0.29) is 29.2 Å². The van der Waals surface area contributed by atoms with Crippen molar-refractivity contribution in [1.29, 1.82) is 0 Å². The Morgan fingerprint density at radius 3 is 2.26 bits per heavy atom. The van der Waals surface area contributed by atoms with Gasteiger partial charge in [0.25, 0.3) is 0 Å². The maximum absolute atomic E-state index is 11.6. The van der Waals surface area contributed by atoms with Crippen LogP contribution >= 0.6 is 0 Å². The first-order valence-corrected chi connectivity index (χ1v) is 7.26. The van der Waals surface area contributed by atoms with Crippen molar-refractivity contribution in [2.24, 2.45) is 0 Å². The molecule has 1 rings (SSSR count). The molecule has 0 fully saturated rings. The van der Waals surface area contributed by atoms with E-state index in [0.29, 0.717) is 18.4 Å². The molecule has 7 nitrogen and oxygen atoms in total. The van der Waals surface area contributed by atoms with Crippen molar-refractivity contribution >= 4 is 23.2 Å². The van der Waals surface area contributed by atoms with E-state index in [2.05, 4.69) is 5.32 Å². The molecule has 0 bridgehead atoms. The Balaban J connectivity index is 3.36. The highest BCUT2D eigenvalue weighted by Gasteiger charge is 2.24. The monoisotopic (exact) mass is 323 g/mol. The second kappa shape index (κ2) is 7.62. The number of phenolic OH excluding ortho intramolecular Hbond substituents is 2. The number of carbonyl (C=O) groups excluding carboxylic acids is 2. The summed E-state index contributed by atoms with van der Waals surface area (Å²) in [4.78, 5) is 34.0. The van der Waals surface area contributed by atoms with Crippen molar-refractivity contribution in [2.75, 3.05) is 5.32 Å². The summed E-state index contributed by atoms with van der Waals surface area (Å²) in [6.45, 7) is 4.35. The number of hydrogen-bond acceptors (Lipinski definition) is 6. The molecule has 0 saturated carbocycles. The van der Waals surface area contributed by atoms with Crippen molar-refractivity contribution < 1.29 is 29.7 Å². The van der Waals surface area contributed by atoms with Gasteiger partial charge in [-0.1, -0.05) is 13.3 Å². The highest BCUT2D eigenvalue weighted by molar-refractivity contribution is 6.01. The van der Waals surface area contributed by atoms with Gasteiger partial charge in [0.1, 0.15) is 28.9 Å². The molecule has 126 valence electrons. The Morgan fingerprint density at radius 2 is 1.83 bits per heavy atom. The zero-order valence-corrected chi connectivity index (χ0v) is 13.3. The average molecular weight is 323 g/mol. The maximum Gasteiger partial charge on any atom is 0.326 e. The number of aliphatic carboxylic acids is 1. The van der Waals surface area contributed by atoms with Gasteiger partial charge in [0.05, 0.1) is 0 Å². The minimum absolute atomic E-state index is 0.195. The molecule has 0 aliphatic rings. The number of rotatable bonds is 8. The van der Waals surface area contributed by atoms with Crippen LogP contribution in [0.4, 0.5) is 5.69 Å². The fourth-order valence-electron chi connectivity index (χ4n) is 2.35. The molecule has 0 spiro atoms. The van der Waals surface area contributed by atoms with Crippen LogP contribution in [0.3, 0.4) is 0 Å². The number of benzene rings is 1. The normalized spacial score (nSPS) is 11.8. The van der Waals surface area contributed by atoms with Gasteiger partial charge < -0.3 is 20.6 Å². The van der Waals surface area contributed by atoms with Gasteiger partial charge >= 0.3 is 5.97 Å². The van der Waals surface area contributed by atoms with Gasteiger partial charge in [0.2, 0.25) is 0 Å². The molecule has 0 radical (unpaired) electrons. The third-order valence-electron chi connectivity index (χ3n) is 3.36. The van der Waals surface area contributed by atoms with Crippen LogP contribution in [-0.2, 0) is 16.0 Å². The summed E-state index contributed by atoms with van der Waals surface area (Å²) in [6, 6.07) is 0.0161. The first-order valence-electron chi connectivity index (χ1n) is 7.26. The van der Waals surface area contributed by atoms with Gasteiger partial charge in [-0.05, 0) is 20.3 Å². The summed E-state index contributed by atoms with van der Waals surface area (Å²) in [5.74, 6) is -2.84. The Kier molecular flexibility index (Phi) is 6.12. The maximum atomic E-state index is 11.6. The summed E-state index contributed by atoms with van der Waals surface area (Å²) >= 11 is 0. The number of ketones is 2. The Bertz CT molecular complexity index is 638. The Hall–Kier alpha value is -2.57. The summed E-state index contributed by atoms with van der Waals surface area (Å²) in [5, 5.41) is 32.0. The van der Waals surface area contributed by atoms with E-state index in [1.165, 1.54) is 19.9 Å². The highest BCUT2D eigenvalue weighted by Crippen LogP contribution is 2.38. The van der Waals surface area contributed by atoms with Gasteiger partial charge in [-0.3, -0.25) is 9.59 Å². The predicted octanol–water partition coefficient (Wildman–Crippen LogP) is 2.10. The molecule has 1 aromatic carbocycles. The number of phenols is 2. The third kappa shape index (κ3) is 4.45. The van der Waals surface area contributed by atoms with Crippen LogP contribution in [0, 0.1) is 0 Å². The molecule has 4 N–H and O–H groups in total. The SMILES string of the molecule is CCCc1c(NC(CC(C)=O)C(=O)O)cc(O)c(C(C)=O)c1O. The lowest BCUT2D eigenvalue weighted by molar-refractivity contribution is -0.139. The molecule has 0 aliphatic carbocycles. The third-order valence-corrected chi connectivity index (χ3v) is 3.36. The summed E-state index contributed by atoms with van der Waals surface area (Å²) in [5.41, 5.74) is 0.336. The number of hydrogen-bond donors (Lipinski definition) is 4. The van der Waals surface area contributed by atoms with Crippen LogP contribution in [-0.4, -0.2) is 38.9 Å². The van der Waals surface area contributed by atoms with Gasteiger partial charge in [-0.2, -0.15) is 0 Å². The van der Waals surface area contributed by atoms with Crippen molar-refractivity contribution in [1.82, 2.24) is 0 Å². The molecule has 23 heavy (non-hydrogen) atoms. The molecule has 0 aliphatic heterocycles. The van der Waals surface area contributed by atoms with E-state index in [4.69, 9.17) is 0 Å². The van der Waals surface area contributed by atoms with Gasteiger partial charge in [0, 0.05) is 23.7 Å². The molecular weight excluding hydrogens is 302 g/mol. The Morgan fingerprint density at radius 1 is 1.22 bits per heavy atom. The topological polar surface area (TPSA) is 124 Å². The van der Waals surface area contributed by atoms with Gasteiger partial charge in [-0.15, -0.1) is 0 Å². The largest absolute Gasteiger partial charge is 0.507 e. The van der Waals surface area contributed by atoms with E-state index >= 15 is 0 Å². The molecule has 0 aromatic heterocycles. The Labute approximate surface area is 133 Å². The average Bonchev–Trinajstić information content (AvgIpc) is 2.41. The molecular formula is C16H21NO6. The van der Waals surface area contributed by atoms with Crippen molar-refractivity contribution in [2.45, 2.75) is 46.1 Å². The van der Waals surface area contributed by atoms with Crippen LogP contribution in [0.25, 0.3) is 0 Å². The number of carbonyl (C=O) groups is 3. The second-order valence-corrected chi connectivity index (χ2v) is 5.39. The zero-order chi connectivity index (χ0) is 17.7. The molecule has 1 aromatic rings. The summed E-state index contributed by atoms with van der Waals surface area (Å²) in [7, 11) is 0. The van der Waals surface area contributed by atoms with E-state index in [1.54, 1.807) is 0 Å². The number of carboxylic acids is 1. The predicted molar refractivity (Wildman–Crippen MR) is 84.1 cm³/mol. The van der Waals surface area contributed by atoms with Crippen LogP contribution in [0.2, 0.25) is 0 Å². The standard InChI is InChI=1S/C16H21NO6/c1-4-5-10-11(17-12(16(22)23)6-8(2)18)7-13(20)14(9(3)19)15(10)21/h7,12,17,20-21H,4-6H2,1-3H3,(H,22,23). The highest BCUT2D eigenvalue weighted by atomic mass is 16.4. The minimum Gasteiger partial charge on any atom is -0.507 e. The van der Waals surface area contributed by atoms with Crippen LogP contribution in [0.1, 0.15) is 49.5 Å². The van der Waals surface area contributed by atoms with Crippen LogP contribution < -0.4 is 5.32 Å². The molecule has 0 heterocycles. The number of anilines is 1. The smallest absolute Gasteiger partial charge is 0.326 e. The molecule has 0 amide bonds. The fraction of sp³-hybridized carbons (Fsp3) is 0.438. The van der Waals surface area contributed by atoms with Crippen LogP contribution in [0.15, 0.2) is 6.07 Å². The van der Waals surface area contributed by atoms with Crippen molar-refractivity contribution in [3.63, 3.8) is 0 Å². The van der Waals surface area contributed by atoms with E-state index in [0.717, 1.165) is 0 Å². The summed E-state index contributed by atoms with van der Waals surface area (Å²) in [6.07, 6.45) is 0.771. The zero-order valence-electron chi connectivity index (χ0n) is 13.3. The first-order chi connectivity index (χ1) is 10.7. The number of carboxylic acid groups (broad SMARTS) is 1. The minimum atomic E-state index is -1.22. The molecule has 7 heteroatoms. The van der Waals surface area contributed by atoms with E-state index < -0.39 is 23.5 Å². The fourth-order valence-corrected chi connectivity index (χ4v) is 2.35. The number of Topliss-reactive ketones (excluding diaryl/α,β-unsaturated/α-hetero) is 2. The summed E-state index contributed by atoms with van der Waals surface area (Å²) < 4.78 is 0. The lowest BCUT2D eigenvalue weighted by Gasteiger charge is -2.20. The van der Waals surface area contributed by atoms with E-state index in [1.807, 2.05) is 6.92 Å². The van der Waals surface area contributed by atoms with E-state index in [9.17, 15) is 29.7 Å². The lowest BCUT2D eigenvalue weighted by Crippen LogP contribution is -2.31. The molecule has 0 saturated heterocycles. The van der Waals surface area contributed by atoms with Crippen molar-refractivity contribution in [3.8, 4) is 11.5 Å². The van der Waals surface area contributed by atoms with Crippen LogP contribution in [0.5, 0.6) is 11.5 Å². The second-order valence-electron chi connectivity index (χ2n) is 5.39. The lowest BCUT2D eigenvalue weighted by atomic mass is 9.98. The molecule has 1 unspecified atom stereocenters. The molecule has 1 atom stereocenters. The van der Waals surface area contributed by atoms with Gasteiger partial charge in [0.15, 0.2) is 5.78 Å². The number of aromatic hydroxyl groups is 2.